The molecule has 2 rings (SSSR count). The Hall–Kier alpha value is -1.87. The molecule has 0 saturated heterocycles. The lowest BCUT2D eigenvalue weighted by Crippen LogP contribution is -1.97. The molecule has 0 aromatic heterocycles. The molecule has 2 aromatic carbocycles. The highest BCUT2D eigenvalue weighted by Crippen LogP contribution is 2.29. The summed E-state index contributed by atoms with van der Waals surface area (Å²) in [6.45, 7) is 0. The predicted molar refractivity (Wildman–Crippen MR) is 72.8 cm³/mol. The summed E-state index contributed by atoms with van der Waals surface area (Å²) in [4.78, 5) is 10.6. The Kier molecular flexibility index (Phi) is 4.17. The topological polar surface area (TPSA) is 37.3 Å². The van der Waals surface area contributed by atoms with Crippen molar-refractivity contribution in [2.75, 3.05) is 0 Å². The summed E-state index contributed by atoms with van der Waals surface area (Å²) < 4.78 is 13.2. The van der Waals surface area contributed by atoms with Crippen molar-refractivity contribution >= 4 is 17.6 Å². The number of rotatable bonds is 4. The number of carboxylic acid groups (broad SMARTS) is 1. The Morgan fingerprint density at radius 1 is 1.21 bits per heavy atom. The fraction of sp³-hybridized carbons (Fsp3) is 0.133. The average molecular weight is 279 g/mol. The second kappa shape index (κ2) is 5.85. The molecule has 2 aromatic rings. The number of hydrogen-bond donors (Lipinski definition) is 1. The lowest BCUT2D eigenvalue weighted by Gasteiger charge is -2.07. The zero-order chi connectivity index (χ0) is 13.8. The Labute approximate surface area is 115 Å². The number of carbonyl (C=O) groups is 1. The minimum Gasteiger partial charge on any atom is -0.481 e. The van der Waals surface area contributed by atoms with Crippen LogP contribution in [0.5, 0.6) is 0 Å². The first-order valence-electron chi connectivity index (χ1n) is 5.82. The summed E-state index contributed by atoms with van der Waals surface area (Å²) in [7, 11) is 0. The summed E-state index contributed by atoms with van der Waals surface area (Å²) >= 11 is 6.11. The molecular formula is C15H12ClFO2. The SMILES string of the molecule is O=C(O)CCc1ccc(Cl)c(-c2cccc(F)c2)c1. The maximum absolute atomic E-state index is 13.2. The lowest BCUT2D eigenvalue weighted by molar-refractivity contribution is -0.136. The second-order valence-electron chi connectivity index (χ2n) is 4.22. The highest BCUT2D eigenvalue weighted by molar-refractivity contribution is 6.33. The number of aryl methyl sites for hydroxylation is 1. The van der Waals surface area contributed by atoms with Crippen LogP contribution in [0.4, 0.5) is 4.39 Å². The summed E-state index contributed by atoms with van der Waals surface area (Å²) in [5.74, 6) is -1.17. The molecule has 0 fully saturated rings. The molecule has 0 atom stereocenters. The Morgan fingerprint density at radius 3 is 2.68 bits per heavy atom. The van der Waals surface area contributed by atoms with Crippen molar-refractivity contribution in [2.24, 2.45) is 0 Å². The van der Waals surface area contributed by atoms with Crippen molar-refractivity contribution < 1.29 is 14.3 Å². The smallest absolute Gasteiger partial charge is 0.303 e. The van der Waals surface area contributed by atoms with E-state index in [1.807, 2.05) is 0 Å². The Balaban J connectivity index is 2.34. The van der Waals surface area contributed by atoms with Gasteiger partial charge in [0.1, 0.15) is 5.82 Å². The van der Waals surface area contributed by atoms with E-state index in [4.69, 9.17) is 16.7 Å². The van der Waals surface area contributed by atoms with Crippen LogP contribution in [-0.2, 0) is 11.2 Å². The number of aliphatic carboxylic acids is 1. The first kappa shape index (κ1) is 13.6. The Morgan fingerprint density at radius 2 is 2.00 bits per heavy atom. The molecule has 98 valence electrons. The molecule has 0 heterocycles. The first-order valence-corrected chi connectivity index (χ1v) is 6.20. The highest BCUT2D eigenvalue weighted by atomic mass is 35.5. The van der Waals surface area contributed by atoms with Crippen LogP contribution in [0, 0.1) is 5.82 Å². The van der Waals surface area contributed by atoms with Gasteiger partial charge in [-0.05, 0) is 41.8 Å². The van der Waals surface area contributed by atoms with Gasteiger partial charge in [-0.15, -0.1) is 0 Å². The van der Waals surface area contributed by atoms with Crippen LogP contribution in [0.2, 0.25) is 5.02 Å². The van der Waals surface area contributed by atoms with Crippen molar-refractivity contribution in [1.29, 1.82) is 0 Å². The van der Waals surface area contributed by atoms with Gasteiger partial charge in [0.2, 0.25) is 0 Å². The molecule has 0 aliphatic heterocycles. The molecule has 0 spiro atoms. The predicted octanol–water partition coefficient (Wildman–Crippen LogP) is 4.16. The van der Waals surface area contributed by atoms with E-state index >= 15 is 0 Å². The number of halogens is 2. The summed E-state index contributed by atoms with van der Waals surface area (Å²) in [6.07, 6.45) is 0.485. The van der Waals surface area contributed by atoms with Crippen LogP contribution < -0.4 is 0 Å². The summed E-state index contributed by atoms with van der Waals surface area (Å²) in [5.41, 5.74) is 2.26. The molecule has 19 heavy (non-hydrogen) atoms. The normalized spacial score (nSPS) is 10.4. The van der Waals surface area contributed by atoms with Gasteiger partial charge in [0.15, 0.2) is 0 Å². The molecule has 2 nitrogen and oxygen atoms in total. The number of carboxylic acids is 1. The van der Waals surface area contributed by atoms with Crippen molar-refractivity contribution in [2.45, 2.75) is 12.8 Å². The van der Waals surface area contributed by atoms with Gasteiger partial charge in [-0.3, -0.25) is 4.79 Å². The van der Waals surface area contributed by atoms with E-state index in [2.05, 4.69) is 0 Å². The third kappa shape index (κ3) is 3.55. The summed E-state index contributed by atoms with van der Waals surface area (Å²) in [6, 6.07) is 11.5. The first-order chi connectivity index (χ1) is 9.06. The molecule has 0 amide bonds. The molecule has 4 heteroatoms. The van der Waals surface area contributed by atoms with E-state index in [0.717, 1.165) is 5.56 Å². The van der Waals surface area contributed by atoms with Crippen LogP contribution in [0.15, 0.2) is 42.5 Å². The maximum atomic E-state index is 13.2. The van der Waals surface area contributed by atoms with Crippen molar-refractivity contribution in [3.8, 4) is 11.1 Å². The van der Waals surface area contributed by atoms with Crippen LogP contribution in [0.25, 0.3) is 11.1 Å². The standard InChI is InChI=1S/C15H12ClFO2/c16-14-6-4-10(5-7-15(18)19)8-13(14)11-2-1-3-12(17)9-11/h1-4,6,8-9H,5,7H2,(H,18,19). The zero-order valence-corrected chi connectivity index (χ0v) is 10.8. The second-order valence-corrected chi connectivity index (χ2v) is 4.63. The largest absolute Gasteiger partial charge is 0.481 e. The molecule has 0 bridgehead atoms. The summed E-state index contributed by atoms with van der Waals surface area (Å²) in [5, 5.41) is 9.19. The van der Waals surface area contributed by atoms with E-state index < -0.39 is 5.97 Å². The van der Waals surface area contributed by atoms with Gasteiger partial charge in [0.05, 0.1) is 0 Å². The van der Waals surface area contributed by atoms with Crippen LogP contribution in [0.3, 0.4) is 0 Å². The third-order valence-corrected chi connectivity index (χ3v) is 3.12. The zero-order valence-electron chi connectivity index (χ0n) is 10.1. The van der Waals surface area contributed by atoms with Crippen molar-refractivity contribution in [3.63, 3.8) is 0 Å². The van der Waals surface area contributed by atoms with Gasteiger partial charge in [-0.25, -0.2) is 4.39 Å². The molecule has 0 radical (unpaired) electrons. The maximum Gasteiger partial charge on any atom is 0.303 e. The van der Waals surface area contributed by atoms with Crippen LogP contribution in [0.1, 0.15) is 12.0 Å². The van der Waals surface area contributed by atoms with Gasteiger partial charge in [-0.1, -0.05) is 29.8 Å². The van der Waals surface area contributed by atoms with Crippen molar-refractivity contribution in [3.05, 3.63) is 58.9 Å². The minimum atomic E-state index is -0.845. The molecular weight excluding hydrogens is 267 g/mol. The van der Waals surface area contributed by atoms with Gasteiger partial charge < -0.3 is 5.11 Å². The number of hydrogen-bond acceptors (Lipinski definition) is 1. The molecule has 0 aliphatic carbocycles. The van der Waals surface area contributed by atoms with Gasteiger partial charge in [0, 0.05) is 17.0 Å². The van der Waals surface area contributed by atoms with Gasteiger partial charge in [0.25, 0.3) is 0 Å². The molecule has 0 aliphatic rings. The van der Waals surface area contributed by atoms with Crippen molar-refractivity contribution in [1.82, 2.24) is 0 Å². The van der Waals surface area contributed by atoms with Gasteiger partial charge in [-0.2, -0.15) is 0 Å². The van der Waals surface area contributed by atoms with Crippen LogP contribution in [-0.4, -0.2) is 11.1 Å². The fourth-order valence-corrected chi connectivity index (χ4v) is 2.08. The van der Waals surface area contributed by atoms with E-state index in [0.29, 0.717) is 22.6 Å². The van der Waals surface area contributed by atoms with Gasteiger partial charge >= 0.3 is 5.97 Å². The van der Waals surface area contributed by atoms with E-state index in [1.165, 1.54) is 12.1 Å². The minimum absolute atomic E-state index is 0.0597. The monoisotopic (exact) mass is 278 g/mol. The quantitative estimate of drug-likeness (QED) is 0.912. The Bertz CT molecular complexity index is 611. The highest BCUT2D eigenvalue weighted by Gasteiger charge is 2.07. The molecule has 0 unspecified atom stereocenters. The lowest BCUT2D eigenvalue weighted by atomic mass is 10.0. The van der Waals surface area contributed by atoms with E-state index in [-0.39, 0.29) is 12.2 Å². The van der Waals surface area contributed by atoms with E-state index in [9.17, 15) is 9.18 Å². The molecule has 1 N–H and O–H groups in total. The van der Waals surface area contributed by atoms with Crippen LogP contribution >= 0.6 is 11.6 Å². The number of benzene rings is 2. The molecule has 0 saturated carbocycles. The third-order valence-electron chi connectivity index (χ3n) is 2.79. The van der Waals surface area contributed by atoms with E-state index in [1.54, 1.807) is 30.3 Å². The average Bonchev–Trinajstić information content (AvgIpc) is 2.37. The fourth-order valence-electron chi connectivity index (χ4n) is 1.86.